The van der Waals surface area contributed by atoms with Crippen LogP contribution in [0.5, 0.6) is 11.5 Å². The molecule has 0 aliphatic carbocycles. The molecule has 0 bridgehead atoms. The highest BCUT2D eigenvalue weighted by Crippen LogP contribution is 2.42. The van der Waals surface area contributed by atoms with Crippen molar-refractivity contribution in [3.05, 3.63) is 59.3 Å². The lowest BCUT2D eigenvalue weighted by Gasteiger charge is -2.27. The molecule has 1 unspecified atom stereocenters. The number of benzene rings is 2. The van der Waals surface area contributed by atoms with Crippen molar-refractivity contribution in [1.29, 1.82) is 0 Å². The number of aromatic nitrogens is 1. The van der Waals surface area contributed by atoms with Crippen molar-refractivity contribution in [1.82, 2.24) is 4.57 Å². The fourth-order valence-corrected chi connectivity index (χ4v) is 3.89. The lowest BCUT2D eigenvalue weighted by molar-refractivity contribution is -0.274. The Hall–Kier alpha value is -3.16. The van der Waals surface area contributed by atoms with Gasteiger partial charge in [0.1, 0.15) is 11.5 Å². The zero-order valence-electron chi connectivity index (χ0n) is 17.9. The van der Waals surface area contributed by atoms with E-state index in [1.807, 2.05) is 38.5 Å². The Morgan fingerprint density at radius 1 is 1.10 bits per heavy atom. The molecule has 0 aliphatic rings. The van der Waals surface area contributed by atoms with E-state index in [4.69, 9.17) is 9.84 Å². The van der Waals surface area contributed by atoms with E-state index in [2.05, 4.69) is 4.74 Å². The maximum absolute atomic E-state index is 12.7. The van der Waals surface area contributed by atoms with E-state index in [0.717, 1.165) is 22.3 Å². The molecule has 3 aromatic rings. The van der Waals surface area contributed by atoms with Crippen molar-refractivity contribution in [2.24, 2.45) is 7.05 Å². The van der Waals surface area contributed by atoms with Crippen LogP contribution in [-0.4, -0.2) is 28.1 Å². The molecule has 0 spiro atoms. The second-order valence-corrected chi connectivity index (χ2v) is 8.00. The van der Waals surface area contributed by atoms with Crippen molar-refractivity contribution in [3.63, 3.8) is 0 Å². The largest absolute Gasteiger partial charge is 0.573 e. The lowest BCUT2D eigenvalue weighted by Crippen LogP contribution is -2.24. The average Bonchev–Trinajstić information content (AvgIpc) is 2.91. The van der Waals surface area contributed by atoms with Gasteiger partial charge in [-0.1, -0.05) is 26.0 Å². The molecule has 8 heteroatoms. The van der Waals surface area contributed by atoms with Crippen LogP contribution in [0.3, 0.4) is 0 Å². The van der Waals surface area contributed by atoms with Gasteiger partial charge in [0.05, 0.1) is 0 Å². The molecule has 166 valence electrons. The maximum Gasteiger partial charge on any atom is 0.573 e. The third-order valence-corrected chi connectivity index (χ3v) is 5.54. The van der Waals surface area contributed by atoms with E-state index in [9.17, 15) is 18.0 Å². The number of fused-ring (bicyclic) bond motifs is 1. The van der Waals surface area contributed by atoms with E-state index in [1.54, 1.807) is 24.3 Å². The van der Waals surface area contributed by atoms with Gasteiger partial charge in [-0.25, -0.2) is 4.79 Å². The number of carbonyl (C=O) groups is 1. The van der Waals surface area contributed by atoms with Crippen LogP contribution in [0.4, 0.5) is 13.2 Å². The Morgan fingerprint density at radius 2 is 1.77 bits per heavy atom. The fourth-order valence-electron chi connectivity index (χ4n) is 3.89. The molecule has 1 N–H and O–H groups in total. The minimum absolute atomic E-state index is 0.282. The standard InChI is InChI=1S/C23H24F3NO4/c1-13-20(18-12-17(31-23(24,25)26)9-10-19(18)27(13)5)22(3,4)15-7-6-8-16(11-15)30-14(2)21(28)29/h6-12,14H,1-5H3,(H,28,29). The second-order valence-electron chi connectivity index (χ2n) is 8.00. The quantitative estimate of drug-likeness (QED) is 0.551. The van der Waals surface area contributed by atoms with Gasteiger partial charge in [0, 0.05) is 29.1 Å². The Bertz CT molecular complexity index is 1130. The number of aryl methyl sites for hydroxylation is 1. The first-order valence-corrected chi connectivity index (χ1v) is 9.66. The van der Waals surface area contributed by atoms with Gasteiger partial charge in [-0.15, -0.1) is 13.2 Å². The molecule has 0 fully saturated rings. The lowest BCUT2D eigenvalue weighted by atomic mass is 9.76. The van der Waals surface area contributed by atoms with E-state index >= 15 is 0 Å². The first kappa shape index (κ1) is 22.5. The van der Waals surface area contributed by atoms with Gasteiger partial charge in [0.15, 0.2) is 6.10 Å². The molecule has 1 heterocycles. The molecule has 0 saturated heterocycles. The number of ether oxygens (including phenoxy) is 2. The van der Waals surface area contributed by atoms with Crippen molar-refractivity contribution < 1.29 is 32.5 Å². The molecule has 2 aromatic carbocycles. The summed E-state index contributed by atoms with van der Waals surface area (Å²) in [5, 5.41) is 9.74. The smallest absolute Gasteiger partial charge is 0.479 e. The Balaban J connectivity index is 2.12. The summed E-state index contributed by atoms with van der Waals surface area (Å²) >= 11 is 0. The summed E-state index contributed by atoms with van der Waals surface area (Å²) in [4.78, 5) is 11.1. The number of hydrogen-bond donors (Lipinski definition) is 1. The van der Waals surface area contributed by atoms with Crippen LogP contribution in [-0.2, 0) is 17.3 Å². The molecule has 3 rings (SSSR count). The zero-order valence-corrected chi connectivity index (χ0v) is 17.9. The topological polar surface area (TPSA) is 60.7 Å². The molecule has 1 aromatic heterocycles. The van der Waals surface area contributed by atoms with Crippen molar-refractivity contribution in [3.8, 4) is 11.5 Å². The summed E-state index contributed by atoms with van der Waals surface area (Å²) in [5.41, 5.74) is 2.74. The SMILES string of the molecule is Cc1c(C(C)(C)c2cccc(OC(C)C(=O)O)c2)c2cc(OC(F)(F)F)ccc2n1C. The molecule has 31 heavy (non-hydrogen) atoms. The number of alkyl halides is 3. The summed E-state index contributed by atoms with van der Waals surface area (Å²) in [6, 6.07) is 11.4. The highest BCUT2D eigenvalue weighted by molar-refractivity contribution is 5.88. The summed E-state index contributed by atoms with van der Waals surface area (Å²) in [7, 11) is 1.86. The Morgan fingerprint density at radius 3 is 2.39 bits per heavy atom. The summed E-state index contributed by atoms with van der Waals surface area (Å²) in [6.07, 6.45) is -5.79. The zero-order chi connectivity index (χ0) is 23.1. The second kappa shape index (κ2) is 7.83. The monoisotopic (exact) mass is 435 g/mol. The summed E-state index contributed by atoms with van der Waals surface area (Å²) in [5.74, 6) is -0.957. The first-order valence-electron chi connectivity index (χ1n) is 9.66. The molecular formula is C23H24F3NO4. The van der Waals surface area contributed by atoms with Crippen LogP contribution in [0.25, 0.3) is 10.9 Å². The third kappa shape index (κ3) is 4.47. The van der Waals surface area contributed by atoms with Gasteiger partial charge >= 0.3 is 12.3 Å². The Kier molecular flexibility index (Phi) is 5.69. The number of hydrogen-bond acceptors (Lipinski definition) is 3. The number of halogens is 3. The van der Waals surface area contributed by atoms with Crippen LogP contribution in [0, 0.1) is 6.92 Å². The predicted molar refractivity (Wildman–Crippen MR) is 111 cm³/mol. The van der Waals surface area contributed by atoms with Crippen molar-refractivity contribution >= 4 is 16.9 Å². The highest BCUT2D eigenvalue weighted by atomic mass is 19.4. The minimum atomic E-state index is -4.78. The summed E-state index contributed by atoms with van der Waals surface area (Å²) < 4.78 is 49.8. The van der Waals surface area contributed by atoms with Crippen molar-refractivity contribution in [2.45, 2.75) is 45.6 Å². The van der Waals surface area contributed by atoms with E-state index < -0.39 is 23.9 Å². The van der Waals surface area contributed by atoms with Gasteiger partial charge in [-0.05, 0) is 55.3 Å². The maximum atomic E-state index is 12.7. The highest BCUT2D eigenvalue weighted by Gasteiger charge is 2.33. The number of aliphatic carboxylic acids is 1. The van der Waals surface area contributed by atoms with Crippen LogP contribution in [0.2, 0.25) is 0 Å². The molecule has 5 nitrogen and oxygen atoms in total. The number of nitrogens with zero attached hydrogens (tertiary/aromatic N) is 1. The summed E-state index contributed by atoms with van der Waals surface area (Å²) in [6.45, 7) is 7.28. The number of carboxylic acids is 1. The fraction of sp³-hybridized carbons (Fsp3) is 0.348. The Labute approximate surface area is 178 Å². The van der Waals surface area contributed by atoms with Gasteiger partial charge in [-0.2, -0.15) is 0 Å². The van der Waals surface area contributed by atoms with Crippen LogP contribution in [0.1, 0.15) is 37.6 Å². The number of carboxylic acid groups (broad SMARTS) is 1. The van der Waals surface area contributed by atoms with Gasteiger partial charge in [0.25, 0.3) is 0 Å². The van der Waals surface area contributed by atoms with Crippen LogP contribution < -0.4 is 9.47 Å². The van der Waals surface area contributed by atoms with Gasteiger partial charge in [0.2, 0.25) is 0 Å². The predicted octanol–water partition coefficient (Wildman–Crippen LogP) is 5.56. The molecule has 0 saturated carbocycles. The van der Waals surface area contributed by atoms with E-state index in [1.165, 1.54) is 19.1 Å². The number of rotatable bonds is 6. The third-order valence-electron chi connectivity index (χ3n) is 5.54. The molecule has 0 aliphatic heterocycles. The normalized spacial score (nSPS) is 13.3. The van der Waals surface area contributed by atoms with Gasteiger partial charge < -0.3 is 19.1 Å². The molecule has 0 amide bonds. The first-order chi connectivity index (χ1) is 14.3. The van der Waals surface area contributed by atoms with E-state index in [-0.39, 0.29) is 5.75 Å². The average molecular weight is 435 g/mol. The van der Waals surface area contributed by atoms with Crippen LogP contribution in [0.15, 0.2) is 42.5 Å². The molecule has 0 radical (unpaired) electrons. The molecular weight excluding hydrogens is 411 g/mol. The van der Waals surface area contributed by atoms with Crippen molar-refractivity contribution in [2.75, 3.05) is 0 Å². The van der Waals surface area contributed by atoms with E-state index in [0.29, 0.717) is 11.1 Å². The van der Waals surface area contributed by atoms with Crippen LogP contribution >= 0.6 is 0 Å². The van der Waals surface area contributed by atoms with Gasteiger partial charge in [-0.3, -0.25) is 0 Å². The minimum Gasteiger partial charge on any atom is -0.479 e. The molecule has 1 atom stereocenters.